The Bertz CT molecular complexity index is 887. The van der Waals surface area contributed by atoms with Crippen molar-refractivity contribution in [3.05, 3.63) is 75.9 Å². The Hall–Kier alpha value is -2.35. The molecule has 0 fully saturated rings. The third-order valence-electron chi connectivity index (χ3n) is 6.28. The standard InChI is InChI=1S/C26H32O2/c1-18(15-19-9-11-21(12-10-19)24(27)28)16-20-7-6-8-22-23(17-20)26(4,5)14-13-25(22,2)3/h6-7,9-12,15,17H,8,13-14,16H2,1-5H3,(H,27,28)/b18-15+. The highest BCUT2D eigenvalue weighted by Gasteiger charge is 2.38. The Kier molecular flexibility index (Phi) is 5.52. The maximum atomic E-state index is 11.0. The molecule has 0 bridgehead atoms. The summed E-state index contributed by atoms with van der Waals surface area (Å²) in [6, 6.07) is 7.07. The summed E-state index contributed by atoms with van der Waals surface area (Å²) in [6.07, 6.45) is 13.6. The van der Waals surface area contributed by atoms with Crippen LogP contribution in [0.1, 0.15) is 76.2 Å². The molecule has 2 nitrogen and oxygen atoms in total. The van der Waals surface area contributed by atoms with Gasteiger partial charge in [0.15, 0.2) is 0 Å². The third kappa shape index (κ3) is 4.38. The number of carboxylic acid groups (broad SMARTS) is 1. The lowest BCUT2D eigenvalue weighted by Crippen LogP contribution is -2.30. The van der Waals surface area contributed by atoms with E-state index < -0.39 is 5.97 Å². The van der Waals surface area contributed by atoms with Crippen molar-refractivity contribution in [2.45, 2.75) is 60.3 Å². The fourth-order valence-corrected chi connectivity index (χ4v) is 4.40. The van der Waals surface area contributed by atoms with Gasteiger partial charge in [-0.1, -0.05) is 75.3 Å². The van der Waals surface area contributed by atoms with Crippen LogP contribution in [-0.2, 0) is 0 Å². The van der Waals surface area contributed by atoms with Gasteiger partial charge in [0, 0.05) is 0 Å². The van der Waals surface area contributed by atoms with Crippen molar-refractivity contribution in [2.75, 3.05) is 0 Å². The highest BCUT2D eigenvalue weighted by atomic mass is 16.4. The molecule has 0 saturated carbocycles. The zero-order valence-corrected chi connectivity index (χ0v) is 17.8. The molecule has 0 atom stereocenters. The van der Waals surface area contributed by atoms with Crippen molar-refractivity contribution in [1.82, 2.24) is 0 Å². The molecule has 0 aromatic heterocycles. The van der Waals surface area contributed by atoms with Gasteiger partial charge in [0.1, 0.15) is 0 Å². The molecule has 2 aliphatic rings. The minimum absolute atomic E-state index is 0.229. The van der Waals surface area contributed by atoms with Gasteiger partial charge in [0.05, 0.1) is 5.56 Å². The molecule has 0 aliphatic heterocycles. The Morgan fingerprint density at radius 2 is 1.71 bits per heavy atom. The Balaban J connectivity index is 1.86. The molecule has 3 rings (SSSR count). The van der Waals surface area contributed by atoms with Crippen LogP contribution in [0.2, 0.25) is 0 Å². The van der Waals surface area contributed by atoms with Crippen LogP contribution in [0.4, 0.5) is 0 Å². The summed E-state index contributed by atoms with van der Waals surface area (Å²) < 4.78 is 0. The predicted molar refractivity (Wildman–Crippen MR) is 117 cm³/mol. The van der Waals surface area contributed by atoms with E-state index in [1.807, 2.05) is 12.1 Å². The van der Waals surface area contributed by atoms with Crippen molar-refractivity contribution in [3.63, 3.8) is 0 Å². The zero-order chi connectivity index (χ0) is 20.5. The summed E-state index contributed by atoms with van der Waals surface area (Å²) in [7, 11) is 0. The number of allylic oxidation sites excluding steroid dienone is 7. The molecule has 0 spiro atoms. The van der Waals surface area contributed by atoms with Crippen LogP contribution in [0.25, 0.3) is 6.08 Å². The summed E-state index contributed by atoms with van der Waals surface area (Å²) in [4.78, 5) is 11.0. The fraction of sp³-hybridized carbons (Fsp3) is 0.423. The van der Waals surface area contributed by atoms with Gasteiger partial charge in [0.2, 0.25) is 0 Å². The third-order valence-corrected chi connectivity index (χ3v) is 6.28. The average molecular weight is 377 g/mol. The highest BCUT2D eigenvalue weighted by Crippen LogP contribution is 2.51. The monoisotopic (exact) mass is 376 g/mol. The van der Waals surface area contributed by atoms with Crippen molar-refractivity contribution in [1.29, 1.82) is 0 Å². The Morgan fingerprint density at radius 1 is 1.07 bits per heavy atom. The number of hydrogen-bond donors (Lipinski definition) is 1. The quantitative estimate of drug-likeness (QED) is 0.603. The lowest BCUT2D eigenvalue weighted by molar-refractivity contribution is 0.0697. The van der Waals surface area contributed by atoms with E-state index in [-0.39, 0.29) is 10.8 Å². The van der Waals surface area contributed by atoms with Crippen LogP contribution >= 0.6 is 0 Å². The summed E-state index contributed by atoms with van der Waals surface area (Å²) in [5.41, 5.74) is 7.63. The lowest BCUT2D eigenvalue weighted by atomic mass is 9.62. The topological polar surface area (TPSA) is 37.3 Å². The smallest absolute Gasteiger partial charge is 0.335 e. The first-order chi connectivity index (χ1) is 13.1. The van der Waals surface area contributed by atoms with Crippen molar-refractivity contribution in [2.24, 2.45) is 10.8 Å². The second-order valence-electron chi connectivity index (χ2n) is 9.58. The molecule has 148 valence electrons. The van der Waals surface area contributed by atoms with Crippen LogP contribution < -0.4 is 0 Å². The predicted octanol–water partition coefficient (Wildman–Crippen LogP) is 7.21. The molecular formula is C26H32O2. The van der Waals surface area contributed by atoms with Crippen LogP contribution in [0.3, 0.4) is 0 Å². The Labute approximate surface area is 169 Å². The number of rotatable bonds is 4. The maximum Gasteiger partial charge on any atom is 0.335 e. The van der Waals surface area contributed by atoms with E-state index in [2.05, 4.69) is 58.9 Å². The van der Waals surface area contributed by atoms with Gasteiger partial charge in [-0.05, 0) is 72.3 Å². The van der Waals surface area contributed by atoms with E-state index in [1.54, 1.807) is 17.7 Å². The van der Waals surface area contributed by atoms with E-state index in [1.165, 1.54) is 29.6 Å². The first kappa shape index (κ1) is 20.4. The summed E-state index contributed by atoms with van der Waals surface area (Å²) in [5, 5.41) is 9.04. The van der Waals surface area contributed by atoms with Crippen molar-refractivity contribution < 1.29 is 9.90 Å². The van der Waals surface area contributed by atoms with Crippen molar-refractivity contribution in [3.8, 4) is 0 Å². The summed E-state index contributed by atoms with van der Waals surface area (Å²) in [6.45, 7) is 11.7. The van der Waals surface area contributed by atoms with E-state index >= 15 is 0 Å². The van der Waals surface area contributed by atoms with Gasteiger partial charge >= 0.3 is 5.97 Å². The lowest BCUT2D eigenvalue weighted by Gasteiger charge is -2.42. The SMILES string of the molecule is C/C(=C\c1ccc(C(=O)O)cc1)CC1=CC2=C(CC=C1)C(C)(C)CCC2(C)C. The van der Waals surface area contributed by atoms with E-state index in [0.29, 0.717) is 5.56 Å². The largest absolute Gasteiger partial charge is 0.478 e. The maximum absolute atomic E-state index is 11.0. The number of hydrogen-bond acceptors (Lipinski definition) is 1. The minimum atomic E-state index is -0.886. The molecule has 0 radical (unpaired) electrons. The number of aromatic carboxylic acids is 1. The van der Waals surface area contributed by atoms with Gasteiger partial charge in [-0.25, -0.2) is 4.79 Å². The van der Waals surface area contributed by atoms with Crippen LogP contribution in [0, 0.1) is 10.8 Å². The van der Waals surface area contributed by atoms with E-state index in [0.717, 1.165) is 18.4 Å². The number of benzene rings is 1. The molecular weight excluding hydrogens is 344 g/mol. The second kappa shape index (κ2) is 7.58. The summed E-state index contributed by atoms with van der Waals surface area (Å²) >= 11 is 0. The van der Waals surface area contributed by atoms with Gasteiger partial charge in [-0.15, -0.1) is 0 Å². The van der Waals surface area contributed by atoms with E-state index in [4.69, 9.17) is 5.11 Å². The Morgan fingerprint density at radius 3 is 2.36 bits per heavy atom. The second-order valence-corrected chi connectivity index (χ2v) is 9.58. The first-order valence-corrected chi connectivity index (χ1v) is 10.2. The minimum Gasteiger partial charge on any atom is -0.478 e. The normalized spacial score (nSPS) is 21.0. The molecule has 0 heterocycles. The molecule has 0 unspecified atom stereocenters. The van der Waals surface area contributed by atoms with Crippen LogP contribution in [0.5, 0.6) is 0 Å². The van der Waals surface area contributed by atoms with Gasteiger partial charge in [0.25, 0.3) is 0 Å². The molecule has 1 N–H and O–H groups in total. The van der Waals surface area contributed by atoms with Crippen LogP contribution in [0.15, 0.2) is 64.8 Å². The molecule has 28 heavy (non-hydrogen) atoms. The molecule has 2 aliphatic carbocycles. The van der Waals surface area contributed by atoms with Gasteiger partial charge < -0.3 is 5.11 Å². The zero-order valence-electron chi connectivity index (χ0n) is 17.8. The van der Waals surface area contributed by atoms with Crippen molar-refractivity contribution >= 4 is 12.0 Å². The number of carboxylic acids is 1. The number of carbonyl (C=O) groups is 1. The summed E-state index contributed by atoms with van der Waals surface area (Å²) in [5.74, 6) is -0.886. The fourth-order valence-electron chi connectivity index (χ4n) is 4.40. The molecule has 1 aromatic rings. The first-order valence-electron chi connectivity index (χ1n) is 10.2. The molecule has 2 heteroatoms. The van der Waals surface area contributed by atoms with Crippen LogP contribution in [-0.4, -0.2) is 11.1 Å². The van der Waals surface area contributed by atoms with Gasteiger partial charge in [-0.3, -0.25) is 0 Å². The molecule has 1 aromatic carbocycles. The highest BCUT2D eigenvalue weighted by molar-refractivity contribution is 5.87. The molecule has 0 amide bonds. The van der Waals surface area contributed by atoms with E-state index in [9.17, 15) is 4.79 Å². The average Bonchev–Trinajstić information content (AvgIpc) is 2.83. The molecule has 0 saturated heterocycles. The van der Waals surface area contributed by atoms with Gasteiger partial charge in [-0.2, -0.15) is 0 Å².